The van der Waals surface area contributed by atoms with Crippen LogP contribution in [0.15, 0.2) is 42.5 Å². The van der Waals surface area contributed by atoms with E-state index < -0.39 is 0 Å². The van der Waals surface area contributed by atoms with Gasteiger partial charge in [-0.25, -0.2) is 0 Å². The summed E-state index contributed by atoms with van der Waals surface area (Å²) in [5, 5.41) is 5.86. The molecule has 2 aromatic carbocycles. The van der Waals surface area contributed by atoms with Crippen LogP contribution >= 0.6 is 0 Å². The third kappa shape index (κ3) is 6.36. The van der Waals surface area contributed by atoms with Gasteiger partial charge < -0.3 is 29.7 Å². The molecule has 2 amide bonds. The summed E-state index contributed by atoms with van der Waals surface area (Å²) in [6.07, 6.45) is 0. The highest BCUT2D eigenvalue weighted by atomic mass is 16.6. The standard InChI is InChI=1S/C23H29N3O5/c1-4-26(15-23(28)25-18-6-8-19(29-3)9-7-18)14-22(27)24-16(2)17-5-10-20-21(13-17)31-12-11-30-20/h5-10,13,16H,4,11-12,14-15H2,1-3H3,(H,24,27)(H,25,28)/p+1/t16-/m1/s1. The molecule has 1 aliphatic rings. The number of ether oxygens (including phenoxy) is 3. The maximum absolute atomic E-state index is 12.6. The number of benzene rings is 2. The molecule has 0 saturated carbocycles. The maximum Gasteiger partial charge on any atom is 0.279 e. The fourth-order valence-electron chi connectivity index (χ4n) is 3.35. The molecule has 0 saturated heterocycles. The van der Waals surface area contributed by atoms with Crippen LogP contribution in [0.1, 0.15) is 25.5 Å². The number of carbonyl (C=O) groups is 2. The summed E-state index contributed by atoms with van der Waals surface area (Å²) in [6, 6.07) is 12.6. The average Bonchev–Trinajstić information content (AvgIpc) is 2.78. The van der Waals surface area contributed by atoms with Gasteiger partial charge in [-0.2, -0.15) is 0 Å². The summed E-state index contributed by atoms with van der Waals surface area (Å²) in [7, 11) is 1.59. The van der Waals surface area contributed by atoms with Crippen molar-refractivity contribution in [2.75, 3.05) is 45.3 Å². The zero-order valence-electron chi connectivity index (χ0n) is 18.2. The Morgan fingerprint density at radius 1 is 1.03 bits per heavy atom. The largest absolute Gasteiger partial charge is 0.497 e. The maximum atomic E-state index is 12.6. The topological polar surface area (TPSA) is 90.3 Å². The highest BCUT2D eigenvalue weighted by molar-refractivity contribution is 5.91. The van der Waals surface area contributed by atoms with Gasteiger partial charge in [0.05, 0.1) is 19.7 Å². The van der Waals surface area contributed by atoms with Gasteiger partial charge in [-0.3, -0.25) is 9.59 Å². The predicted molar refractivity (Wildman–Crippen MR) is 117 cm³/mol. The second kappa shape index (κ2) is 10.7. The van der Waals surface area contributed by atoms with Crippen molar-refractivity contribution >= 4 is 17.5 Å². The van der Waals surface area contributed by atoms with Crippen molar-refractivity contribution in [1.82, 2.24) is 5.32 Å². The molecule has 8 heteroatoms. The highest BCUT2D eigenvalue weighted by Gasteiger charge is 2.20. The number of fused-ring (bicyclic) bond motifs is 1. The lowest BCUT2D eigenvalue weighted by atomic mass is 10.1. The minimum absolute atomic E-state index is 0.114. The molecule has 3 rings (SSSR count). The molecule has 31 heavy (non-hydrogen) atoms. The van der Waals surface area contributed by atoms with Gasteiger partial charge in [0.15, 0.2) is 24.6 Å². The summed E-state index contributed by atoms with van der Waals surface area (Å²) in [5.41, 5.74) is 1.63. The molecule has 166 valence electrons. The Hall–Kier alpha value is -3.26. The van der Waals surface area contributed by atoms with Crippen molar-refractivity contribution in [3.8, 4) is 17.2 Å². The molecular weight excluding hydrogens is 398 g/mol. The van der Waals surface area contributed by atoms with Crippen LogP contribution in [0.5, 0.6) is 17.2 Å². The Labute approximate surface area is 182 Å². The molecule has 3 N–H and O–H groups in total. The number of amides is 2. The van der Waals surface area contributed by atoms with Gasteiger partial charge in [0.2, 0.25) is 0 Å². The van der Waals surface area contributed by atoms with Crippen LogP contribution < -0.4 is 29.7 Å². The Balaban J connectivity index is 1.49. The summed E-state index contributed by atoms with van der Waals surface area (Å²) in [4.78, 5) is 25.8. The molecule has 2 atom stereocenters. The van der Waals surface area contributed by atoms with E-state index in [9.17, 15) is 9.59 Å². The third-order valence-corrected chi connectivity index (χ3v) is 5.14. The summed E-state index contributed by atoms with van der Waals surface area (Å²) >= 11 is 0. The van der Waals surface area contributed by atoms with Crippen molar-refractivity contribution in [2.24, 2.45) is 0 Å². The number of methoxy groups -OCH3 is 1. The fraction of sp³-hybridized carbons (Fsp3) is 0.391. The van der Waals surface area contributed by atoms with E-state index in [-0.39, 0.29) is 30.9 Å². The SMILES string of the molecule is CC[NH+](CC(=O)Nc1ccc(OC)cc1)CC(=O)N[C@H](C)c1ccc2c(c1)OCCO2. The molecule has 1 aliphatic heterocycles. The molecule has 0 aliphatic carbocycles. The first-order valence-electron chi connectivity index (χ1n) is 10.4. The third-order valence-electron chi connectivity index (χ3n) is 5.14. The van der Waals surface area contributed by atoms with E-state index in [4.69, 9.17) is 14.2 Å². The average molecular weight is 429 g/mol. The van der Waals surface area contributed by atoms with Gasteiger partial charge in [0, 0.05) is 5.69 Å². The lowest BCUT2D eigenvalue weighted by molar-refractivity contribution is -0.881. The van der Waals surface area contributed by atoms with E-state index >= 15 is 0 Å². The molecular formula is C23H30N3O5+. The Bertz CT molecular complexity index is 901. The predicted octanol–water partition coefficient (Wildman–Crippen LogP) is 1.19. The Morgan fingerprint density at radius 3 is 2.39 bits per heavy atom. The van der Waals surface area contributed by atoms with E-state index in [0.29, 0.717) is 31.2 Å². The minimum Gasteiger partial charge on any atom is -0.497 e. The lowest BCUT2D eigenvalue weighted by Gasteiger charge is -2.22. The van der Waals surface area contributed by atoms with E-state index in [0.717, 1.165) is 22.0 Å². The quantitative estimate of drug-likeness (QED) is 0.558. The number of rotatable bonds is 9. The van der Waals surface area contributed by atoms with Crippen LogP contribution in [0.4, 0.5) is 5.69 Å². The molecule has 0 fully saturated rings. The first kappa shape index (κ1) is 22.4. The molecule has 1 unspecified atom stereocenters. The molecule has 0 radical (unpaired) electrons. The zero-order chi connectivity index (χ0) is 22.2. The number of hydrogen-bond donors (Lipinski definition) is 3. The Morgan fingerprint density at radius 2 is 1.71 bits per heavy atom. The summed E-state index contributed by atoms with van der Waals surface area (Å²) < 4.78 is 16.3. The molecule has 0 spiro atoms. The molecule has 8 nitrogen and oxygen atoms in total. The number of quaternary nitrogens is 1. The van der Waals surface area contributed by atoms with Gasteiger partial charge >= 0.3 is 0 Å². The second-order valence-electron chi connectivity index (χ2n) is 7.43. The number of anilines is 1. The van der Waals surface area contributed by atoms with Crippen molar-refractivity contribution in [2.45, 2.75) is 19.9 Å². The van der Waals surface area contributed by atoms with Crippen LogP contribution in [0.25, 0.3) is 0 Å². The zero-order valence-corrected chi connectivity index (χ0v) is 18.2. The normalized spacial score (nSPS) is 14.3. The number of nitrogens with one attached hydrogen (secondary N) is 3. The minimum atomic E-state index is -0.186. The van der Waals surface area contributed by atoms with Crippen molar-refractivity contribution in [3.05, 3.63) is 48.0 Å². The van der Waals surface area contributed by atoms with Gasteiger partial charge in [0.1, 0.15) is 19.0 Å². The van der Waals surface area contributed by atoms with Gasteiger partial charge in [-0.15, -0.1) is 0 Å². The van der Waals surface area contributed by atoms with Gasteiger partial charge in [-0.1, -0.05) is 6.07 Å². The summed E-state index contributed by atoms with van der Waals surface area (Å²) in [5.74, 6) is 1.88. The van der Waals surface area contributed by atoms with Crippen LogP contribution in [0.2, 0.25) is 0 Å². The molecule has 2 aromatic rings. The second-order valence-corrected chi connectivity index (χ2v) is 7.43. The van der Waals surface area contributed by atoms with Crippen molar-refractivity contribution in [3.63, 3.8) is 0 Å². The number of carbonyl (C=O) groups excluding carboxylic acids is 2. The van der Waals surface area contributed by atoms with E-state index in [2.05, 4.69) is 10.6 Å². The molecule has 1 heterocycles. The van der Waals surface area contributed by atoms with Crippen molar-refractivity contribution < 1.29 is 28.7 Å². The Kier molecular flexibility index (Phi) is 7.72. The molecule has 0 aromatic heterocycles. The van der Waals surface area contributed by atoms with E-state index in [1.54, 1.807) is 31.4 Å². The number of likely N-dealkylation sites (N-methyl/N-ethyl adjacent to an activating group) is 1. The van der Waals surface area contributed by atoms with Crippen LogP contribution in [-0.4, -0.2) is 51.8 Å². The fourth-order valence-corrected chi connectivity index (χ4v) is 3.35. The first-order valence-corrected chi connectivity index (χ1v) is 10.4. The van der Waals surface area contributed by atoms with Gasteiger partial charge in [0.25, 0.3) is 11.8 Å². The highest BCUT2D eigenvalue weighted by Crippen LogP contribution is 2.32. The molecule has 0 bridgehead atoms. The summed E-state index contributed by atoms with van der Waals surface area (Å²) in [6.45, 7) is 6.00. The van der Waals surface area contributed by atoms with Crippen LogP contribution in [0, 0.1) is 0 Å². The van der Waals surface area contributed by atoms with Gasteiger partial charge in [-0.05, 0) is 55.8 Å². The van der Waals surface area contributed by atoms with E-state index in [1.165, 1.54) is 0 Å². The lowest BCUT2D eigenvalue weighted by Crippen LogP contribution is -3.14. The van der Waals surface area contributed by atoms with Crippen LogP contribution in [-0.2, 0) is 9.59 Å². The number of hydrogen-bond acceptors (Lipinski definition) is 5. The first-order chi connectivity index (χ1) is 15.0. The van der Waals surface area contributed by atoms with E-state index in [1.807, 2.05) is 32.0 Å². The monoisotopic (exact) mass is 428 g/mol. The van der Waals surface area contributed by atoms with Crippen molar-refractivity contribution in [1.29, 1.82) is 0 Å². The van der Waals surface area contributed by atoms with Crippen LogP contribution in [0.3, 0.4) is 0 Å². The smallest absolute Gasteiger partial charge is 0.279 e.